The first kappa shape index (κ1) is 18.7. The lowest BCUT2D eigenvalue weighted by molar-refractivity contribution is 0.461. The molecule has 0 aliphatic rings. The fourth-order valence-electron chi connectivity index (χ4n) is 2.52. The first-order valence-corrected chi connectivity index (χ1v) is 10.6. The van der Waals surface area contributed by atoms with Crippen LogP contribution in [0.1, 0.15) is 57.4 Å². The van der Waals surface area contributed by atoms with Crippen molar-refractivity contribution in [2.45, 2.75) is 57.3 Å². The highest BCUT2D eigenvalue weighted by atomic mass is 79.9. The first-order valence-electron chi connectivity index (χ1n) is 7.56. The Morgan fingerprint density at radius 2 is 1.40 bits per heavy atom. The van der Waals surface area contributed by atoms with E-state index >= 15 is 0 Å². The highest BCUT2D eigenvalue weighted by molar-refractivity contribution is 9.10. The molecule has 1 aromatic rings. The third kappa shape index (κ3) is 5.81. The Balaban J connectivity index is 2.56. The third-order valence-electron chi connectivity index (χ3n) is 3.98. The Hall–Kier alpha value is 0.660. The molecule has 0 saturated carbocycles. The minimum atomic E-state index is 0.228. The standard InChI is InChI=1S/C17H25Br3/c1-2-3-4-5-6-7-12-17(13-18,14-19)15-8-10-16(20)11-9-15/h8-11H,2-7,12-14H2,1H3. The van der Waals surface area contributed by atoms with Gasteiger partial charge in [0.25, 0.3) is 0 Å². The molecule has 0 fully saturated rings. The van der Waals surface area contributed by atoms with Crippen molar-refractivity contribution in [2.24, 2.45) is 0 Å². The molecule has 1 rings (SSSR count). The average Bonchev–Trinajstić information content (AvgIpc) is 2.48. The lowest BCUT2D eigenvalue weighted by Crippen LogP contribution is -2.30. The van der Waals surface area contributed by atoms with Crippen LogP contribution in [0.15, 0.2) is 28.7 Å². The second kappa shape index (κ2) is 10.4. The van der Waals surface area contributed by atoms with Gasteiger partial charge in [-0.3, -0.25) is 0 Å². The Morgan fingerprint density at radius 1 is 0.850 bits per heavy atom. The summed E-state index contributed by atoms with van der Waals surface area (Å²) in [6.07, 6.45) is 9.41. The van der Waals surface area contributed by atoms with Gasteiger partial charge in [-0.05, 0) is 24.1 Å². The van der Waals surface area contributed by atoms with Gasteiger partial charge >= 0.3 is 0 Å². The highest BCUT2D eigenvalue weighted by Crippen LogP contribution is 2.35. The zero-order valence-electron chi connectivity index (χ0n) is 12.3. The van der Waals surface area contributed by atoms with Gasteiger partial charge in [0, 0.05) is 20.5 Å². The van der Waals surface area contributed by atoms with Crippen LogP contribution < -0.4 is 0 Å². The average molecular weight is 469 g/mol. The van der Waals surface area contributed by atoms with Crippen LogP contribution in [0.4, 0.5) is 0 Å². The molecule has 0 atom stereocenters. The van der Waals surface area contributed by atoms with Gasteiger partial charge in [-0.2, -0.15) is 0 Å². The predicted molar refractivity (Wildman–Crippen MR) is 101 cm³/mol. The number of benzene rings is 1. The Labute approximate surface area is 149 Å². The van der Waals surface area contributed by atoms with Crippen LogP contribution in [-0.4, -0.2) is 10.7 Å². The topological polar surface area (TPSA) is 0 Å². The highest BCUT2D eigenvalue weighted by Gasteiger charge is 2.29. The molecule has 0 heterocycles. The molecule has 0 unspecified atom stereocenters. The van der Waals surface area contributed by atoms with E-state index in [-0.39, 0.29) is 5.41 Å². The van der Waals surface area contributed by atoms with Crippen molar-refractivity contribution < 1.29 is 0 Å². The quantitative estimate of drug-likeness (QED) is 0.251. The summed E-state index contributed by atoms with van der Waals surface area (Å²) in [5, 5.41) is 2.03. The van der Waals surface area contributed by atoms with Crippen LogP contribution in [0.25, 0.3) is 0 Å². The normalized spacial score (nSPS) is 11.8. The van der Waals surface area contributed by atoms with E-state index < -0.39 is 0 Å². The van der Waals surface area contributed by atoms with Crippen molar-refractivity contribution in [3.63, 3.8) is 0 Å². The summed E-state index contributed by atoms with van der Waals surface area (Å²) >= 11 is 11.0. The van der Waals surface area contributed by atoms with Gasteiger partial charge in [-0.1, -0.05) is 105 Å². The summed E-state index contributed by atoms with van der Waals surface area (Å²) in [6.45, 7) is 2.27. The molecule has 0 aliphatic carbocycles. The molecule has 114 valence electrons. The Morgan fingerprint density at radius 3 is 1.95 bits per heavy atom. The van der Waals surface area contributed by atoms with Crippen molar-refractivity contribution in [3.05, 3.63) is 34.3 Å². The summed E-state index contributed by atoms with van der Waals surface area (Å²) < 4.78 is 1.15. The third-order valence-corrected chi connectivity index (χ3v) is 6.65. The molecule has 0 bridgehead atoms. The monoisotopic (exact) mass is 466 g/mol. The molecule has 0 radical (unpaired) electrons. The Bertz CT molecular complexity index is 355. The van der Waals surface area contributed by atoms with Crippen molar-refractivity contribution in [1.82, 2.24) is 0 Å². The number of alkyl halides is 2. The zero-order valence-corrected chi connectivity index (χ0v) is 17.1. The van der Waals surface area contributed by atoms with Crippen LogP contribution in [0, 0.1) is 0 Å². The van der Waals surface area contributed by atoms with Crippen molar-refractivity contribution in [3.8, 4) is 0 Å². The second-order valence-electron chi connectivity index (χ2n) is 5.57. The molecular weight excluding hydrogens is 444 g/mol. The molecule has 0 nitrogen and oxygen atoms in total. The number of halogens is 3. The zero-order chi connectivity index (χ0) is 14.8. The number of hydrogen-bond acceptors (Lipinski definition) is 0. The molecule has 0 amide bonds. The first-order chi connectivity index (χ1) is 9.68. The minimum absolute atomic E-state index is 0.228. The van der Waals surface area contributed by atoms with Gasteiger partial charge < -0.3 is 0 Å². The fraction of sp³-hybridized carbons (Fsp3) is 0.647. The van der Waals surface area contributed by atoms with E-state index in [2.05, 4.69) is 79.0 Å². The molecular formula is C17H25Br3. The summed E-state index contributed by atoms with van der Waals surface area (Å²) in [6, 6.07) is 8.81. The van der Waals surface area contributed by atoms with Gasteiger partial charge in [0.2, 0.25) is 0 Å². The summed E-state index contributed by atoms with van der Waals surface area (Å²) in [5.74, 6) is 0. The Kier molecular flexibility index (Phi) is 9.73. The van der Waals surface area contributed by atoms with E-state index in [1.807, 2.05) is 0 Å². The van der Waals surface area contributed by atoms with Crippen molar-refractivity contribution >= 4 is 47.8 Å². The second-order valence-corrected chi connectivity index (χ2v) is 7.61. The minimum Gasteiger partial charge on any atom is -0.0918 e. The van der Waals surface area contributed by atoms with Crippen LogP contribution in [-0.2, 0) is 5.41 Å². The van der Waals surface area contributed by atoms with Crippen molar-refractivity contribution in [1.29, 1.82) is 0 Å². The van der Waals surface area contributed by atoms with Gasteiger partial charge in [-0.25, -0.2) is 0 Å². The van der Waals surface area contributed by atoms with Gasteiger partial charge in [-0.15, -0.1) is 0 Å². The van der Waals surface area contributed by atoms with E-state index in [4.69, 9.17) is 0 Å². The van der Waals surface area contributed by atoms with E-state index in [9.17, 15) is 0 Å². The molecule has 0 saturated heterocycles. The predicted octanol–water partition coefficient (Wildman–Crippen LogP) is 7.23. The van der Waals surface area contributed by atoms with E-state index in [0.717, 1.165) is 15.1 Å². The van der Waals surface area contributed by atoms with E-state index in [1.54, 1.807) is 0 Å². The van der Waals surface area contributed by atoms with Crippen molar-refractivity contribution in [2.75, 3.05) is 10.7 Å². The fourth-order valence-corrected chi connectivity index (χ4v) is 4.92. The molecule has 1 aromatic carbocycles. The maximum absolute atomic E-state index is 3.74. The SMILES string of the molecule is CCCCCCCCC(CBr)(CBr)c1ccc(Br)cc1. The van der Waals surface area contributed by atoms with Crippen LogP contribution in [0.5, 0.6) is 0 Å². The summed E-state index contributed by atoms with van der Waals surface area (Å²) in [7, 11) is 0. The van der Waals surface area contributed by atoms with Crippen LogP contribution >= 0.6 is 47.8 Å². The largest absolute Gasteiger partial charge is 0.0918 e. The van der Waals surface area contributed by atoms with Gasteiger partial charge in [0.1, 0.15) is 0 Å². The molecule has 20 heavy (non-hydrogen) atoms. The molecule has 3 heteroatoms. The number of rotatable bonds is 10. The van der Waals surface area contributed by atoms with Gasteiger partial charge in [0.05, 0.1) is 0 Å². The maximum Gasteiger partial charge on any atom is 0.0175 e. The van der Waals surface area contributed by atoms with Crippen LogP contribution in [0.3, 0.4) is 0 Å². The smallest absolute Gasteiger partial charge is 0.0175 e. The number of hydrogen-bond donors (Lipinski definition) is 0. The van der Waals surface area contributed by atoms with Gasteiger partial charge in [0.15, 0.2) is 0 Å². The van der Waals surface area contributed by atoms with Crippen LogP contribution in [0.2, 0.25) is 0 Å². The molecule has 0 spiro atoms. The summed E-state index contributed by atoms with van der Waals surface area (Å²) in [5.41, 5.74) is 1.66. The lowest BCUT2D eigenvalue weighted by atomic mass is 9.80. The summed E-state index contributed by atoms with van der Waals surface area (Å²) in [4.78, 5) is 0. The molecule has 0 aliphatic heterocycles. The lowest BCUT2D eigenvalue weighted by Gasteiger charge is -2.31. The molecule has 0 aromatic heterocycles. The molecule has 0 N–H and O–H groups in total. The number of unbranched alkanes of at least 4 members (excludes halogenated alkanes) is 5. The van der Waals surface area contributed by atoms with E-state index in [0.29, 0.717) is 0 Å². The maximum atomic E-state index is 3.74. The van der Waals surface area contributed by atoms with E-state index in [1.165, 1.54) is 50.5 Å².